The van der Waals surface area contributed by atoms with Crippen molar-refractivity contribution in [3.63, 3.8) is 0 Å². The Hall–Kier alpha value is -1.90. The first-order valence-electron chi connectivity index (χ1n) is 12.3. The minimum atomic E-state index is 0.718. The fourth-order valence-corrected chi connectivity index (χ4v) is 4.58. The second kappa shape index (κ2) is 12.7. The molecule has 0 unspecified atom stereocenters. The van der Waals surface area contributed by atoms with Crippen LogP contribution in [0.3, 0.4) is 0 Å². The summed E-state index contributed by atoms with van der Waals surface area (Å²) in [5, 5.41) is 0. The van der Waals surface area contributed by atoms with Gasteiger partial charge in [-0.15, -0.1) is 0 Å². The number of ether oxygens (including phenoxy) is 1. The molecule has 0 N–H and O–H groups in total. The summed E-state index contributed by atoms with van der Waals surface area (Å²) >= 11 is 0. The van der Waals surface area contributed by atoms with E-state index in [-0.39, 0.29) is 0 Å². The van der Waals surface area contributed by atoms with Crippen molar-refractivity contribution in [1.82, 2.24) is 9.97 Å². The van der Waals surface area contributed by atoms with Crippen molar-refractivity contribution in [3.8, 4) is 17.1 Å². The summed E-state index contributed by atoms with van der Waals surface area (Å²) in [4.78, 5) is 9.17. The van der Waals surface area contributed by atoms with Crippen molar-refractivity contribution in [3.05, 3.63) is 42.2 Å². The standard InChI is InChI=1S/C27H40N2O/c1-3-5-6-7-8-10-24-19-28-27(29-20-24)25-15-17-26(18-16-25)30-21-23-13-11-22(9-4-2)12-14-23/h15-20,22-23H,3-14,21H2,1-2H3/t22-,23-. The van der Waals surface area contributed by atoms with Crippen molar-refractivity contribution in [2.24, 2.45) is 11.8 Å². The zero-order chi connectivity index (χ0) is 21.0. The summed E-state index contributed by atoms with van der Waals surface area (Å²) < 4.78 is 6.08. The summed E-state index contributed by atoms with van der Waals surface area (Å²) in [6.07, 6.45) is 19.7. The van der Waals surface area contributed by atoms with Gasteiger partial charge >= 0.3 is 0 Å². The quantitative estimate of drug-likeness (QED) is 0.338. The number of rotatable bonds is 12. The zero-order valence-electron chi connectivity index (χ0n) is 19.1. The van der Waals surface area contributed by atoms with Gasteiger partial charge in [0.1, 0.15) is 5.75 Å². The summed E-state index contributed by atoms with van der Waals surface area (Å²) in [6, 6.07) is 8.27. The summed E-state index contributed by atoms with van der Waals surface area (Å²) in [7, 11) is 0. The lowest BCUT2D eigenvalue weighted by atomic mass is 9.80. The highest BCUT2D eigenvalue weighted by Crippen LogP contribution is 2.32. The van der Waals surface area contributed by atoms with Crippen molar-refractivity contribution in [1.29, 1.82) is 0 Å². The van der Waals surface area contributed by atoms with Gasteiger partial charge in [-0.2, -0.15) is 0 Å². The van der Waals surface area contributed by atoms with Gasteiger partial charge in [-0.3, -0.25) is 0 Å². The first kappa shape index (κ1) is 22.8. The third-order valence-electron chi connectivity index (χ3n) is 6.54. The minimum Gasteiger partial charge on any atom is -0.493 e. The average molecular weight is 409 g/mol. The Morgan fingerprint density at radius 2 is 1.47 bits per heavy atom. The van der Waals surface area contributed by atoms with Crippen LogP contribution in [0.15, 0.2) is 36.7 Å². The molecule has 1 fully saturated rings. The fourth-order valence-electron chi connectivity index (χ4n) is 4.58. The molecule has 0 aliphatic heterocycles. The molecule has 1 saturated carbocycles. The Kier molecular flexibility index (Phi) is 9.66. The molecule has 0 atom stereocenters. The summed E-state index contributed by atoms with van der Waals surface area (Å²) in [5.74, 6) is 3.43. The van der Waals surface area contributed by atoms with Crippen LogP contribution in [0.1, 0.15) is 90.0 Å². The number of hydrogen-bond acceptors (Lipinski definition) is 3. The highest BCUT2D eigenvalue weighted by atomic mass is 16.5. The van der Waals surface area contributed by atoms with Crippen LogP contribution in [-0.4, -0.2) is 16.6 Å². The molecule has 0 bridgehead atoms. The minimum absolute atomic E-state index is 0.718. The lowest BCUT2D eigenvalue weighted by Gasteiger charge is -2.28. The van der Waals surface area contributed by atoms with Crippen molar-refractivity contribution in [2.75, 3.05) is 6.61 Å². The number of aryl methyl sites for hydroxylation is 1. The maximum atomic E-state index is 6.08. The molecular formula is C27H40N2O. The van der Waals surface area contributed by atoms with Gasteiger partial charge in [-0.1, -0.05) is 65.2 Å². The van der Waals surface area contributed by atoms with E-state index in [1.54, 1.807) is 0 Å². The highest BCUT2D eigenvalue weighted by molar-refractivity contribution is 5.55. The number of benzene rings is 1. The van der Waals surface area contributed by atoms with Crippen LogP contribution in [0.25, 0.3) is 11.4 Å². The van der Waals surface area contributed by atoms with Gasteiger partial charge in [0.25, 0.3) is 0 Å². The largest absolute Gasteiger partial charge is 0.493 e. The van der Waals surface area contributed by atoms with E-state index in [1.165, 1.54) is 76.2 Å². The summed E-state index contributed by atoms with van der Waals surface area (Å²) in [5.41, 5.74) is 2.29. The molecule has 1 aliphatic carbocycles. The van der Waals surface area contributed by atoms with Gasteiger partial charge in [0.15, 0.2) is 5.82 Å². The van der Waals surface area contributed by atoms with Gasteiger partial charge < -0.3 is 4.74 Å². The van der Waals surface area contributed by atoms with E-state index >= 15 is 0 Å². The lowest BCUT2D eigenvalue weighted by Crippen LogP contribution is -2.20. The zero-order valence-corrected chi connectivity index (χ0v) is 19.1. The molecule has 1 aromatic carbocycles. The highest BCUT2D eigenvalue weighted by Gasteiger charge is 2.21. The van der Waals surface area contributed by atoms with Gasteiger partial charge in [0.2, 0.25) is 0 Å². The molecule has 1 heterocycles. The van der Waals surface area contributed by atoms with E-state index in [4.69, 9.17) is 4.74 Å². The Balaban J connectivity index is 1.42. The fraction of sp³-hybridized carbons (Fsp3) is 0.630. The number of hydrogen-bond donors (Lipinski definition) is 0. The lowest BCUT2D eigenvalue weighted by molar-refractivity contribution is 0.178. The number of unbranched alkanes of at least 4 members (excludes halogenated alkanes) is 4. The Morgan fingerprint density at radius 3 is 2.13 bits per heavy atom. The van der Waals surface area contributed by atoms with Crippen molar-refractivity contribution >= 4 is 0 Å². The van der Waals surface area contributed by atoms with E-state index in [1.807, 2.05) is 12.4 Å². The van der Waals surface area contributed by atoms with Crippen LogP contribution < -0.4 is 4.74 Å². The van der Waals surface area contributed by atoms with E-state index in [0.29, 0.717) is 0 Å². The van der Waals surface area contributed by atoms with E-state index in [0.717, 1.165) is 42.0 Å². The van der Waals surface area contributed by atoms with Crippen LogP contribution in [0.4, 0.5) is 0 Å². The van der Waals surface area contributed by atoms with Crippen LogP contribution in [0.5, 0.6) is 5.75 Å². The van der Waals surface area contributed by atoms with Crippen LogP contribution >= 0.6 is 0 Å². The number of aromatic nitrogens is 2. The van der Waals surface area contributed by atoms with Crippen LogP contribution in [0, 0.1) is 11.8 Å². The topological polar surface area (TPSA) is 35.0 Å². The van der Waals surface area contributed by atoms with E-state index < -0.39 is 0 Å². The van der Waals surface area contributed by atoms with Crippen molar-refractivity contribution in [2.45, 2.75) is 90.9 Å². The molecule has 3 heteroatoms. The van der Waals surface area contributed by atoms with Crippen LogP contribution in [-0.2, 0) is 6.42 Å². The SMILES string of the molecule is CCCCCCCc1cnc(-c2ccc(OC[C@H]3CC[C@H](CCC)CC3)cc2)nc1. The Morgan fingerprint density at radius 1 is 0.800 bits per heavy atom. The first-order chi connectivity index (χ1) is 14.8. The van der Waals surface area contributed by atoms with Gasteiger partial charge in [-0.05, 0) is 67.3 Å². The molecule has 164 valence electrons. The molecule has 3 nitrogen and oxygen atoms in total. The molecule has 0 saturated heterocycles. The number of nitrogens with zero attached hydrogens (tertiary/aromatic N) is 2. The third kappa shape index (κ3) is 7.41. The van der Waals surface area contributed by atoms with Gasteiger partial charge in [0, 0.05) is 18.0 Å². The van der Waals surface area contributed by atoms with Gasteiger partial charge in [-0.25, -0.2) is 9.97 Å². The maximum Gasteiger partial charge on any atom is 0.159 e. The normalized spacial score (nSPS) is 19.0. The average Bonchev–Trinajstić information content (AvgIpc) is 2.79. The first-order valence-corrected chi connectivity index (χ1v) is 12.3. The van der Waals surface area contributed by atoms with Crippen molar-refractivity contribution < 1.29 is 4.74 Å². The maximum absolute atomic E-state index is 6.08. The predicted octanol–water partition coefficient (Wildman–Crippen LogP) is 7.64. The van der Waals surface area contributed by atoms with E-state index in [2.05, 4.69) is 48.1 Å². The second-order valence-electron chi connectivity index (χ2n) is 9.09. The molecule has 0 radical (unpaired) electrons. The molecule has 2 aromatic rings. The van der Waals surface area contributed by atoms with E-state index in [9.17, 15) is 0 Å². The smallest absolute Gasteiger partial charge is 0.159 e. The molecule has 1 aromatic heterocycles. The van der Waals surface area contributed by atoms with Gasteiger partial charge in [0.05, 0.1) is 6.61 Å². The van der Waals surface area contributed by atoms with Crippen LogP contribution in [0.2, 0.25) is 0 Å². The second-order valence-corrected chi connectivity index (χ2v) is 9.09. The monoisotopic (exact) mass is 408 g/mol. The molecule has 1 aliphatic rings. The third-order valence-corrected chi connectivity index (χ3v) is 6.54. The Bertz CT molecular complexity index is 703. The Labute approximate surface area is 183 Å². The molecular weight excluding hydrogens is 368 g/mol. The molecule has 30 heavy (non-hydrogen) atoms. The molecule has 0 amide bonds. The molecule has 3 rings (SSSR count). The predicted molar refractivity (Wildman–Crippen MR) is 126 cm³/mol. The molecule has 0 spiro atoms. The summed E-state index contributed by atoms with van der Waals surface area (Å²) in [6.45, 7) is 5.40.